The number of rotatable bonds is 2. The molecule has 0 aliphatic heterocycles. The number of esters is 1. The lowest BCUT2D eigenvalue weighted by atomic mass is 10.1. The van der Waals surface area contributed by atoms with E-state index < -0.39 is 42.0 Å². The first kappa shape index (κ1) is 15.7. The number of ether oxygens (including phenoxy) is 2. The van der Waals surface area contributed by atoms with Crippen LogP contribution in [0.15, 0.2) is 0 Å². The number of amides is 1. The smallest absolute Gasteiger partial charge is 0.408 e. The van der Waals surface area contributed by atoms with Crippen LogP contribution < -0.4 is 5.32 Å². The summed E-state index contributed by atoms with van der Waals surface area (Å²) in [6.45, 7) is 4.91. The third-order valence-corrected chi connectivity index (χ3v) is 2.77. The van der Waals surface area contributed by atoms with Crippen LogP contribution in [0.2, 0.25) is 0 Å². The lowest BCUT2D eigenvalue weighted by Crippen LogP contribution is -2.45. The van der Waals surface area contributed by atoms with Crippen molar-refractivity contribution in [2.45, 2.75) is 51.2 Å². The van der Waals surface area contributed by atoms with E-state index >= 15 is 0 Å². The van der Waals surface area contributed by atoms with Gasteiger partial charge in [0.2, 0.25) is 0 Å². The standard InChI is InChI=1S/C12H19F2NO4/c1-11(2,3)19-10(17)15-8-5-7(9(16)18-4)6-12(8,13)14/h7-8H,5-6H2,1-4H3,(H,15,17)/t7?,8-/m1/s1. The maximum Gasteiger partial charge on any atom is 0.408 e. The first-order valence-corrected chi connectivity index (χ1v) is 6.00. The number of hydrogen-bond acceptors (Lipinski definition) is 4. The summed E-state index contributed by atoms with van der Waals surface area (Å²) < 4.78 is 36.7. The number of carbonyl (C=O) groups excluding carboxylic acids is 2. The number of nitrogens with one attached hydrogen (secondary N) is 1. The molecule has 0 bridgehead atoms. The summed E-state index contributed by atoms with van der Waals surface area (Å²) in [4.78, 5) is 22.7. The molecule has 0 aromatic carbocycles. The first-order valence-electron chi connectivity index (χ1n) is 6.00. The van der Waals surface area contributed by atoms with Crippen LogP contribution in [-0.2, 0) is 14.3 Å². The molecule has 1 aliphatic rings. The summed E-state index contributed by atoms with van der Waals surface area (Å²) in [5, 5.41) is 2.12. The molecular formula is C12H19F2NO4. The molecule has 0 saturated heterocycles. The third kappa shape index (κ3) is 4.33. The molecule has 0 spiro atoms. The van der Waals surface area contributed by atoms with Crippen LogP contribution in [0.25, 0.3) is 0 Å². The fourth-order valence-corrected chi connectivity index (χ4v) is 1.97. The van der Waals surface area contributed by atoms with Crippen LogP contribution in [-0.4, -0.2) is 36.7 Å². The zero-order valence-electron chi connectivity index (χ0n) is 11.5. The van der Waals surface area contributed by atoms with Crippen LogP contribution in [0.3, 0.4) is 0 Å². The molecule has 1 unspecified atom stereocenters. The molecule has 1 saturated carbocycles. The van der Waals surface area contributed by atoms with Gasteiger partial charge < -0.3 is 14.8 Å². The minimum Gasteiger partial charge on any atom is -0.469 e. The van der Waals surface area contributed by atoms with Crippen molar-refractivity contribution in [2.24, 2.45) is 5.92 Å². The Labute approximate surface area is 110 Å². The average Bonchev–Trinajstić information content (AvgIpc) is 2.50. The van der Waals surface area contributed by atoms with Gasteiger partial charge >= 0.3 is 12.1 Å². The first-order chi connectivity index (χ1) is 8.55. The van der Waals surface area contributed by atoms with E-state index in [4.69, 9.17) is 4.74 Å². The van der Waals surface area contributed by atoms with Crippen LogP contribution in [0, 0.1) is 5.92 Å². The molecule has 0 radical (unpaired) electrons. The molecule has 2 atom stereocenters. The molecule has 7 heteroatoms. The zero-order chi connectivity index (χ0) is 14.8. The monoisotopic (exact) mass is 279 g/mol. The van der Waals surface area contributed by atoms with Crippen molar-refractivity contribution < 1.29 is 27.8 Å². The highest BCUT2D eigenvalue weighted by Gasteiger charge is 2.52. The van der Waals surface area contributed by atoms with Gasteiger partial charge in [-0.1, -0.05) is 0 Å². The van der Waals surface area contributed by atoms with Gasteiger partial charge in [-0.3, -0.25) is 4.79 Å². The van der Waals surface area contributed by atoms with Crippen molar-refractivity contribution in [2.75, 3.05) is 7.11 Å². The Morgan fingerprint density at radius 3 is 2.37 bits per heavy atom. The highest BCUT2D eigenvalue weighted by Crippen LogP contribution is 2.39. The van der Waals surface area contributed by atoms with E-state index in [1.165, 1.54) is 0 Å². The number of halogens is 2. The van der Waals surface area contributed by atoms with E-state index in [1.807, 2.05) is 0 Å². The predicted octanol–water partition coefficient (Wildman–Crippen LogP) is 2.10. The number of alkyl halides is 2. The van der Waals surface area contributed by atoms with Gasteiger partial charge in [0.25, 0.3) is 5.92 Å². The molecule has 0 heterocycles. The van der Waals surface area contributed by atoms with Gasteiger partial charge in [-0.25, -0.2) is 13.6 Å². The Morgan fingerprint density at radius 1 is 1.32 bits per heavy atom. The Bertz CT molecular complexity index is 365. The van der Waals surface area contributed by atoms with Crippen molar-refractivity contribution >= 4 is 12.1 Å². The number of methoxy groups -OCH3 is 1. The zero-order valence-corrected chi connectivity index (χ0v) is 11.5. The average molecular weight is 279 g/mol. The van der Waals surface area contributed by atoms with Gasteiger partial charge in [0.15, 0.2) is 0 Å². The maximum absolute atomic E-state index is 13.7. The molecule has 1 N–H and O–H groups in total. The SMILES string of the molecule is COC(=O)C1C[C@@H](NC(=O)OC(C)(C)C)C(F)(F)C1. The van der Waals surface area contributed by atoms with E-state index in [9.17, 15) is 18.4 Å². The van der Waals surface area contributed by atoms with Crippen LogP contribution in [0.5, 0.6) is 0 Å². The molecule has 1 amide bonds. The van der Waals surface area contributed by atoms with E-state index in [0.29, 0.717) is 0 Å². The van der Waals surface area contributed by atoms with E-state index in [-0.39, 0.29) is 6.42 Å². The Morgan fingerprint density at radius 2 is 1.89 bits per heavy atom. The van der Waals surface area contributed by atoms with Crippen molar-refractivity contribution in [3.05, 3.63) is 0 Å². The fraction of sp³-hybridized carbons (Fsp3) is 0.833. The van der Waals surface area contributed by atoms with Gasteiger partial charge in [0.05, 0.1) is 19.1 Å². The molecule has 1 rings (SSSR count). The number of hydrogen-bond donors (Lipinski definition) is 1. The highest BCUT2D eigenvalue weighted by molar-refractivity contribution is 5.74. The largest absolute Gasteiger partial charge is 0.469 e. The summed E-state index contributed by atoms with van der Waals surface area (Å²) in [5.74, 6) is -4.73. The Balaban J connectivity index is 2.63. The minimum atomic E-state index is -3.14. The fourth-order valence-electron chi connectivity index (χ4n) is 1.97. The summed E-state index contributed by atoms with van der Waals surface area (Å²) in [6.07, 6.45) is -1.69. The lowest BCUT2D eigenvalue weighted by Gasteiger charge is -2.24. The molecule has 0 aromatic heterocycles. The molecule has 0 aromatic rings. The van der Waals surface area contributed by atoms with Crippen molar-refractivity contribution in [3.63, 3.8) is 0 Å². The van der Waals surface area contributed by atoms with Gasteiger partial charge in [0.1, 0.15) is 5.60 Å². The quantitative estimate of drug-likeness (QED) is 0.786. The summed E-state index contributed by atoms with van der Waals surface area (Å²) in [5.41, 5.74) is -0.764. The van der Waals surface area contributed by atoms with Gasteiger partial charge in [-0.2, -0.15) is 0 Å². The molecule has 110 valence electrons. The van der Waals surface area contributed by atoms with Crippen molar-refractivity contribution in [3.8, 4) is 0 Å². The Kier molecular flexibility index (Phi) is 4.37. The third-order valence-electron chi connectivity index (χ3n) is 2.77. The minimum absolute atomic E-state index is 0.154. The van der Waals surface area contributed by atoms with E-state index in [0.717, 1.165) is 7.11 Å². The molecule has 1 aliphatic carbocycles. The lowest BCUT2D eigenvalue weighted by molar-refractivity contribution is -0.146. The van der Waals surface area contributed by atoms with Gasteiger partial charge in [-0.15, -0.1) is 0 Å². The van der Waals surface area contributed by atoms with Crippen molar-refractivity contribution in [1.29, 1.82) is 0 Å². The summed E-state index contributed by atoms with van der Waals surface area (Å²) in [7, 11) is 1.15. The van der Waals surface area contributed by atoms with Crippen LogP contribution >= 0.6 is 0 Å². The second-order valence-electron chi connectivity index (χ2n) is 5.62. The Hall–Kier alpha value is -1.40. The second kappa shape index (κ2) is 5.30. The molecular weight excluding hydrogens is 260 g/mol. The normalized spacial score (nSPS) is 25.8. The van der Waals surface area contributed by atoms with Crippen LogP contribution in [0.1, 0.15) is 33.6 Å². The van der Waals surface area contributed by atoms with Gasteiger partial charge in [0, 0.05) is 6.42 Å². The molecule has 1 fully saturated rings. The van der Waals surface area contributed by atoms with E-state index in [1.54, 1.807) is 20.8 Å². The number of carbonyl (C=O) groups is 2. The van der Waals surface area contributed by atoms with Crippen molar-refractivity contribution in [1.82, 2.24) is 5.32 Å². The topological polar surface area (TPSA) is 64.6 Å². The molecule has 5 nitrogen and oxygen atoms in total. The van der Waals surface area contributed by atoms with E-state index in [2.05, 4.69) is 10.1 Å². The summed E-state index contributed by atoms with van der Waals surface area (Å²) >= 11 is 0. The predicted molar refractivity (Wildman–Crippen MR) is 62.8 cm³/mol. The maximum atomic E-state index is 13.7. The molecule has 19 heavy (non-hydrogen) atoms. The highest BCUT2D eigenvalue weighted by atomic mass is 19.3. The second-order valence-corrected chi connectivity index (χ2v) is 5.62. The number of alkyl carbamates (subject to hydrolysis) is 1. The van der Waals surface area contributed by atoms with Crippen LogP contribution in [0.4, 0.5) is 13.6 Å². The van der Waals surface area contributed by atoms with Gasteiger partial charge in [-0.05, 0) is 27.2 Å². The summed E-state index contributed by atoms with van der Waals surface area (Å²) in [6, 6.07) is -1.41.